The number of carboxylic acids is 1. The number of hydrogen-bond acceptors (Lipinski definition) is 5. The smallest absolute Gasteiger partial charge is 0.305 e. The van der Waals surface area contributed by atoms with Crippen molar-refractivity contribution < 1.29 is 24.2 Å². The molecule has 0 radical (unpaired) electrons. The van der Waals surface area contributed by atoms with Crippen LogP contribution in [-0.2, 0) is 20.9 Å². The third-order valence-corrected chi connectivity index (χ3v) is 4.71. The number of piperazine rings is 1. The Hall–Kier alpha value is -2.64. The van der Waals surface area contributed by atoms with E-state index in [0.29, 0.717) is 32.8 Å². The van der Waals surface area contributed by atoms with E-state index in [9.17, 15) is 14.7 Å². The van der Waals surface area contributed by atoms with Crippen LogP contribution in [0.25, 0.3) is 10.8 Å². The number of methoxy groups -OCH3 is 1. The van der Waals surface area contributed by atoms with Crippen LogP contribution in [0.4, 0.5) is 0 Å². The third kappa shape index (κ3) is 4.56. The zero-order valence-electron chi connectivity index (χ0n) is 15.3. The molecule has 2 aromatic carbocycles. The minimum Gasteiger partial charge on any atom is -0.491 e. The van der Waals surface area contributed by atoms with Crippen LogP contribution in [-0.4, -0.2) is 61.3 Å². The van der Waals surface area contributed by atoms with E-state index in [1.54, 1.807) is 7.11 Å². The topological polar surface area (TPSA) is 88.1 Å². The molecule has 0 aromatic heterocycles. The summed E-state index contributed by atoms with van der Waals surface area (Å²) >= 11 is 0. The van der Waals surface area contributed by atoms with Crippen LogP contribution >= 0.6 is 0 Å². The summed E-state index contributed by atoms with van der Waals surface area (Å²) in [4.78, 5) is 25.4. The number of nitrogens with one attached hydrogen (secondary N) is 1. The molecule has 0 spiro atoms. The number of hydrogen-bond donors (Lipinski definition) is 2. The molecule has 3 rings (SSSR count). The van der Waals surface area contributed by atoms with Gasteiger partial charge in [0.15, 0.2) is 0 Å². The Kier molecular flexibility index (Phi) is 6.26. The quantitative estimate of drug-likeness (QED) is 0.685. The number of nitrogens with zero attached hydrogens (tertiary/aromatic N) is 1. The van der Waals surface area contributed by atoms with Crippen molar-refractivity contribution in [2.24, 2.45) is 0 Å². The average molecular weight is 372 g/mol. The van der Waals surface area contributed by atoms with Crippen molar-refractivity contribution in [3.8, 4) is 5.75 Å². The normalized spacial score (nSPS) is 17.7. The predicted molar refractivity (Wildman–Crippen MR) is 101 cm³/mol. The largest absolute Gasteiger partial charge is 0.491 e. The van der Waals surface area contributed by atoms with E-state index in [1.165, 1.54) is 0 Å². The molecule has 1 saturated heterocycles. The van der Waals surface area contributed by atoms with E-state index in [-0.39, 0.29) is 12.3 Å². The molecule has 1 aliphatic heterocycles. The van der Waals surface area contributed by atoms with Crippen molar-refractivity contribution >= 4 is 22.6 Å². The van der Waals surface area contributed by atoms with E-state index in [2.05, 4.69) is 5.32 Å². The lowest BCUT2D eigenvalue weighted by Gasteiger charge is -2.34. The van der Waals surface area contributed by atoms with Crippen molar-refractivity contribution in [3.63, 3.8) is 0 Å². The molecule has 1 amide bonds. The molecule has 1 heterocycles. The Balaban J connectivity index is 1.94. The fraction of sp³-hybridized carbons (Fsp3) is 0.400. The van der Waals surface area contributed by atoms with Gasteiger partial charge in [-0.1, -0.05) is 30.3 Å². The highest BCUT2D eigenvalue weighted by Crippen LogP contribution is 2.30. The van der Waals surface area contributed by atoms with Crippen molar-refractivity contribution in [3.05, 3.63) is 42.0 Å². The van der Waals surface area contributed by atoms with E-state index < -0.39 is 12.0 Å². The van der Waals surface area contributed by atoms with E-state index in [1.807, 2.05) is 41.3 Å². The minimum absolute atomic E-state index is 0.226. The van der Waals surface area contributed by atoms with Gasteiger partial charge in [-0.3, -0.25) is 14.5 Å². The molecule has 1 fully saturated rings. The molecule has 1 aliphatic rings. The average Bonchev–Trinajstić information content (AvgIpc) is 2.66. The van der Waals surface area contributed by atoms with Crippen molar-refractivity contribution in [1.29, 1.82) is 0 Å². The second-order valence-corrected chi connectivity index (χ2v) is 6.48. The Morgan fingerprint density at radius 1 is 1.26 bits per heavy atom. The molecule has 0 saturated carbocycles. The number of rotatable bonds is 8. The first kappa shape index (κ1) is 19.1. The van der Waals surface area contributed by atoms with Gasteiger partial charge in [-0.05, 0) is 16.8 Å². The summed E-state index contributed by atoms with van der Waals surface area (Å²) in [6.07, 6.45) is -0.226. The fourth-order valence-corrected chi connectivity index (χ4v) is 3.39. The van der Waals surface area contributed by atoms with Gasteiger partial charge in [0, 0.05) is 32.3 Å². The molecular formula is C20H24N2O5. The highest BCUT2D eigenvalue weighted by Gasteiger charge is 2.32. The van der Waals surface area contributed by atoms with Crippen LogP contribution in [0.15, 0.2) is 36.4 Å². The summed E-state index contributed by atoms with van der Waals surface area (Å²) in [5, 5.41) is 14.1. The van der Waals surface area contributed by atoms with Gasteiger partial charge in [0.25, 0.3) is 0 Å². The Morgan fingerprint density at radius 2 is 2.07 bits per heavy atom. The van der Waals surface area contributed by atoms with E-state index in [0.717, 1.165) is 22.1 Å². The van der Waals surface area contributed by atoms with Crippen molar-refractivity contribution in [2.75, 3.05) is 33.4 Å². The van der Waals surface area contributed by atoms with Crippen LogP contribution in [0.3, 0.4) is 0 Å². The summed E-state index contributed by atoms with van der Waals surface area (Å²) in [6, 6.07) is 11.2. The van der Waals surface area contributed by atoms with Crippen molar-refractivity contribution in [2.45, 2.75) is 19.0 Å². The van der Waals surface area contributed by atoms with Crippen molar-refractivity contribution in [1.82, 2.24) is 10.2 Å². The highest BCUT2D eigenvalue weighted by atomic mass is 16.5. The number of ether oxygens (including phenoxy) is 2. The predicted octanol–water partition coefficient (Wildman–Crippen LogP) is 1.64. The molecule has 27 heavy (non-hydrogen) atoms. The zero-order valence-corrected chi connectivity index (χ0v) is 15.3. The molecular weight excluding hydrogens is 348 g/mol. The van der Waals surface area contributed by atoms with Gasteiger partial charge in [0.05, 0.1) is 13.0 Å². The minimum atomic E-state index is -0.989. The van der Waals surface area contributed by atoms with Gasteiger partial charge in [0.2, 0.25) is 5.91 Å². The number of carbonyl (C=O) groups excluding carboxylic acids is 1. The first-order valence-electron chi connectivity index (χ1n) is 8.96. The lowest BCUT2D eigenvalue weighted by Crippen LogP contribution is -2.55. The first-order valence-corrected chi connectivity index (χ1v) is 8.96. The Labute approximate surface area is 157 Å². The molecule has 7 nitrogen and oxygen atoms in total. The second kappa shape index (κ2) is 8.83. The zero-order chi connectivity index (χ0) is 19.2. The maximum absolute atomic E-state index is 12.2. The van der Waals surface area contributed by atoms with E-state index in [4.69, 9.17) is 9.47 Å². The molecule has 2 aromatic rings. The van der Waals surface area contributed by atoms with Crippen LogP contribution < -0.4 is 10.1 Å². The van der Waals surface area contributed by atoms with Gasteiger partial charge >= 0.3 is 5.97 Å². The summed E-state index contributed by atoms with van der Waals surface area (Å²) in [5.74, 6) is -0.506. The van der Waals surface area contributed by atoms with Crippen LogP contribution in [0, 0.1) is 0 Å². The van der Waals surface area contributed by atoms with Gasteiger partial charge in [-0.2, -0.15) is 0 Å². The number of aliphatic carboxylic acids is 1. The maximum Gasteiger partial charge on any atom is 0.305 e. The highest BCUT2D eigenvalue weighted by molar-refractivity contribution is 5.89. The van der Waals surface area contributed by atoms with Crippen LogP contribution in [0.5, 0.6) is 5.75 Å². The second-order valence-electron chi connectivity index (χ2n) is 6.48. The number of carboxylic acid groups (broad SMARTS) is 1. The maximum atomic E-state index is 12.2. The number of fused-ring (bicyclic) bond motifs is 1. The number of benzene rings is 2. The summed E-state index contributed by atoms with van der Waals surface area (Å²) in [7, 11) is 1.62. The molecule has 1 atom stereocenters. The van der Waals surface area contributed by atoms with Gasteiger partial charge in [0.1, 0.15) is 18.4 Å². The molecule has 144 valence electrons. The lowest BCUT2D eigenvalue weighted by atomic mass is 10.0. The van der Waals surface area contributed by atoms with Gasteiger partial charge in [-0.25, -0.2) is 0 Å². The van der Waals surface area contributed by atoms with Gasteiger partial charge < -0.3 is 19.9 Å². The first-order chi connectivity index (χ1) is 13.1. The Bertz CT molecular complexity index is 823. The standard InChI is InChI=1S/C20H24N2O5/c1-26-10-11-27-18-7-6-14-4-2-3-5-15(14)16(18)13-22-9-8-21-20(25)17(22)12-19(23)24/h2-7,17H,8-13H2,1H3,(H,21,25)(H,23,24). The monoisotopic (exact) mass is 372 g/mol. The van der Waals surface area contributed by atoms with E-state index >= 15 is 0 Å². The lowest BCUT2D eigenvalue weighted by molar-refractivity contribution is -0.143. The summed E-state index contributed by atoms with van der Waals surface area (Å²) < 4.78 is 11.0. The van der Waals surface area contributed by atoms with Crippen LogP contribution in [0.2, 0.25) is 0 Å². The number of carbonyl (C=O) groups is 2. The number of amides is 1. The molecule has 0 aliphatic carbocycles. The summed E-state index contributed by atoms with van der Waals surface area (Å²) in [5.41, 5.74) is 0.953. The third-order valence-electron chi connectivity index (χ3n) is 4.71. The molecule has 7 heteroatoms. The fourth-order valence-electron chi connectivity index (χ4n) is 3.39. The summed E-state index contributed by atoms with van der Waals surface area (Å²) in [6.45, 7) is 2.42. The molecule has 1 unspecified atom stereocenters. The van der Waals surface area contributed by atoms with Gasteiger partial charge in [-0.15, -0.1) is 0 Å². The Morgan fingerprint density at radius 3 is 2.85 bits per heavy atom. The molecule has 2 N–H and O–H groups in total. The molecule has 0 bridgehead atoms. The van der Waals surface area contributed by atoms with Crippen LogP contribution in [0.1, 0.15) is 12.0 Å². The SMILES string of the molecule is COCCOc1ccc2ccccc2c1CN1CCNC(=O)C1CC(=O)O.